The fraction of sp³-hybridized carbons (Fsp3) is 0.400. The Hall–Kier alpha value is -1.19. The van der Waals surface area contributed by atoms with Crippen LogP contribution in [0.2, 0.25) is 4.34 Å². The molecule has 132 valence electrons. The van der Waals surface area contributed by atoms with E-state index in [1.165, 1.54) is 48.3 Å². The lowest BCUT2D eigenvalue weighted by Gasteiger charge is -2.21. The van der Waals surface area contributed by atoms with Crippen LogP contribution < -0.4 is 5.56 Å². The fourth-order valence-electron chi connectivity index (χ4n) is 2.12. The third-order valence-corrected chi connectivity index (χ3v) is 6.56. The first-order valence-corrected chi connectivity index (χ1v) is 9.97. The molecule has 9 heteroatoms. The Kier molecular flexibility index (Phi) is 6.22. The standard InChI is InChI=1S/C15H20ClN3O3S2/c1-4-18(9-12-5-7-14(16)23-12)11-19-10-13(6-8-15(19)20)24(21,22)17(2)3/h5-8,10H,4,9,11H2,1-3H3. The third kappa shape index (κ3) is 4.46. The molecule has 0 aliphatic rings. The molecule has 2 rings (SSSR count). The number of aromatic nitrogens is 1. The summed E-state index contributed by atoms with van der Waals surface area (Å²) in [5.74, 6) is 0. The Labute approximate surface area is 150 Å². The predicted molar refractivity (Wildman–Crippen MR) is 97.0 cm³/mol. The summed E-state index contributed by atoms with van der Waals surface area (Å²) < 4.78 is 27.7. The van der Waals surface area contributed by atoms with Crippen LogP contribution in [0.25, 0.3) is 0 Å². The van der Waals surface area contributed by atoms with E-state index in [9.17, 15) is 13.2 Å². The number of pyridine rings is 1. The molecule has 2 heterocycles. The van der Waals surface area contributed by atoms with Gasteiger partial charge in [0.05, 0.1) is 15.9 Å². The van der Waals surface area contributed by atoms with Gasteiger partial charge in [-0.2, -0.15) is 0 Å². The molecule has 0 fully saturated rings. The normalized spacial score (nSPS) is 12.2. The molecule has 6 nitrogen and oxygen atoms in total. The van der Waals surface area contributed by atoms with Crippen molar-refractivity contribution in [1.82, 2.24) is 13.8 Å². The number of halogens is 1. The molecule has 0 aliphatic heterocycles. The molecule has 0 bridgehead atoms. The van der Waals surface area contributed by atoms with E-state index in [0.29, 0.717) is 19.8 Å². The van der Waals surface area contributed by atoms with Crippen molar-refractivity contribution in [3.05, 3.63) is 50.0 Å². The number of nitrogens with zero attached hydrogens (tertiary/aromatic N) is 3. The number of thiophene rings is 1. The summed E-state index contributed by atoms with van der Waals surface area (Å²) in [6.45, 7) is 3.65. The topological polar surface area (TPSA) is 62.6 Å². The minimum atomic E-state index is -3.57. The summed E-state index contributed by atoms with van der Waals surface area (Å²) in [7, 11) is -0.651. The van der Waals surface area contributed by atoms with Crippen LogP contribution in [0, 0.1) is 0 Å². The van der Waals surface area contributed by atoms with Crippen molar-refractivity contribution in [2.75, 3.05) is 20.6 Å². The second-order valence-electron chi connectivity index (χ2n) is 5.45. The number of sulfonamides is 1. The SMILES string of the molecule is CCN(Cc1ccc(Cl)s1)Cn1cc(S(=O)(=O)N(C)C)ccc1=O. The van der Waals surface area contributed by atoms with Gasteiger partial charge in [-0.25, -0.2) is 12.7 Å². The molecule has 2 aromatic rings. The minimum absolute atomic E-state index is 0.0994. The van der Waals surface area contributed by atoms with E-state index >= 15 is 0 Å². The Morgan fingerprint density at radius 3 is 2.46 bits per heavy atom. The maximum absolute atomic E-state index is 12.2. The number of hydrogen-bond donors (Lipinski definition) is 0. The minimum Gasteiger partial charge on any atom is -0.301 e. The van der Waals surface area contributed by atoms with E-state index in [1.54, 1.807) is 0 Å². The summed E-state index contributed by atoms with van der Waals surface area (Å²) in [6.07, 6.45) is 1.39. The molecule has 0 saturated carbocycles. The van der Waals surface area contributed by atoms with Crippen LogP contribution >= 0.6 is 22.9 Å². The molecular formula is C15H20ClN3O3S2. The Balaban J connectivity index is 2.25. The van der Waals surface area contributed by atoms with E-state index in [2.05, 4.69) is 0 Å². The van der Waals surface area contributed by atoms with E-state index in [0.717, 1.165) is 13.5 Å². The molecule has 0 aromatic carbocycles. The monoisotopic (exact) mass is 389 g/mol. The van der Waals surface area contributed by atoms with Crippen molar-refractivity contribution in [1.29, 1.82) is 0 Å². The molecule has 2 aromatic heterocycles. The largest absolute Gasteiger partial charge is 0.301 e. The first-order valence-electron chi connectivity index (χ1n) is 7.33. The molecule has 0 amide bonds. The molecule has 0 spiro atoms. The van der Waals surface area contributed by atoms with Crippen molar-refractivity contribution in [3.63, 3.8) is 0 Å². The summed E-state index contributed by atoms with van der Waals surface area (Å²) in [5.41, 5.74) is -0.240. The maximum atomic E-state index is 12.2. The highest BCUT2D eigenvalue weighted by Gasteiger charge is 2.18. The van der Waals surface area contributed by atoms with Gasteiger partial charge >= 0.3 is 0 Å². The van der Waals surface area contributed by atoms with Gasteiger partial charge in [0, 0.05) is 37.8 Å². The van der Waals surface area contributed by atoms with Crippen molar-refractivity contribution in [2.24, 2.45) is 0 Å². The van der Waals surface area contributed by atoms with E-state index < -0.39 is 10.0 Å². The van der Waals surface area contributed by atoms with Gasteiger partial charge in [-0.05, 0) is 24.7 Å². The molecule has 0 aliphatic carbocycles. The third-order valence-electron chi connectivity index (χ3n) is 3.54. The van der Waals surface area contributed by atoms with E-state index in [1.807, 2.05) is 24.0 Å². The molecule has 0 N–H and O–H groups in total. The van der Waals surface area contributed by atoms with Crippen molar-refractivity contribution >= 4 is 33.0 Å². The first kappa shape index (κ1) is 19.1. The lowest BCUT2D eigenvalue weighted by molar-refractivity contribution is 0.218. The Bertz CT molecular complexity index is 859. The first-order chi connectivity index (χ1) is 11.2. The highest BCUT2D eigenvalue weighted by molar-refractivity contribution is 7.89. The van der Waals surface area contributed by atoms with Gasteiger partial charge in [0.1, 0.15) is 0 Å². The summed E-state index contributed by atoms with van der Waals surface area (Å²) >= 11 is 7.44. The highest BCUT2D eigenvalue weighted by atomic mass is 35.5. The quantitative estimate of drug-likeness (QED) is 0.728. The highest BCUT2D eigenvalue weighted by Crippen LogP contribution is 2.22. The number of rotatable bonds is 7. The van der Waals surface area contributed by atoms with E-state index in [4.69, 9.17) is 11.6 Å². The molecule has 0 atom stereocenters. The van der Waals surface area contributed by atoms with Gasteiger partial charge in [0.15, 0.2) is 0 Å². The van der Waals surface area contributed by atoms with Crippen LogP contribution in [0.4, 0.5) is 0 Å². The molecule has 0 radical (unpaired) electrons. The van der Waals surface area contributed by atoms with Crippen LogP contribution in [0.1, 0.15) is 11.8 Å². The van der Waals surface area contributed by atoms with Crippen LogP contribution in [0.15, 0.2) is 40.2 Å². The van der Waals surface area contributed by atoms with Gasteiger partial charge in [0.25, 0.3) is 5.56 Å². The van der Waals surface area contributed by atoms with Gasteiger partial charge in [-0.15, -0.1) is 11.3 Å². The summed E-state index contributed by atoms with van der Waals surface area (Å²) in [5, 5.41) is 0. The lowest BCUT2D eigenvalue weighted by atomic mass is 10.4. The average molecular weight is 390 g/mol. The Morgan fingerprint density at radius 2 is 1.92 bits per heavy atom. The van der Waals surface area contributed by atoms with Gasteiger partial charge in [0.2, 0.25) is 10.0 Å². The van der Waals surface area contributed by atoms with Crippen LogP contribution in [0.3, 0.4) is 0 Å². The van der Waals surface area contributed by atoms with Crippen molar-refractivity contribution in [3.8, 4) is 0 Å². The van der Waals surface area contributed by atoms with Gasteiger partial charge < -0.3 is 4.57 Å². The molecule has 24 heavy (non-hydrogen) atoms. The number of hydrogen-bond acceptors (Lipinski definition) is 5. The van der Waals surface area contributed by atoms with E-state index in [-0.39, 0.29) is 10.5 Å². The van der Waals surface area contributed by atoms with Crippen LogP contribution in [0.5, 0.6) is 0 Å². The zero-order chi connectivity index (χ0) is 17.9. The van der Waals surface area contributed by atoms with Gasteiger partial charge in [-0.1, -0.05) is 18.5 Å². The fourth-order valence-corrected chi connectivity index (χ4v) is 4.17. The predicted octanol–water partition coefficient (Wildman–Crippen LogP) is 2.29. The molecule has 0 unspecified atom stereocenters. The van der Waals surface area contributed by atoms with Crippen molar-refractivity contribution in [2.45, 2.75) is 25.0 Å². The van der Waals surface area contributed by atoms with Crippen LogP contribution in [-0.2, 0) is 23.2 Å². The molecule has 0 saturated heterocycles. The Morgan fingerprint density at radius 1 is 1.21 bits per heavy atom. The zero-order valence-corrected chi connectivity index (χ0v) is 16.2. The second kappa shape index (κ2) is 7.79. The zero-order valence-electron chi connectivity index (χ0n) is 13.8. The van der Waals surface area contributed by atoms with Crippen LogP contribution in [-0.4, -0.2) is 42.8 Å². The molecular weight excluding hydrogens is 370 g/mol. The summed E-state index contributed by atoms with van der Waals surface area (Å²) in [4.78, 5) is 15.3. The van der Waals surface area contributed by atoms with Gasteiger partial charge in [-0.3, -0.25) is 9.69 Å². The lowest BCUT2D eigenvalue weighted by Crippen LogP contribution is -2.32. The average Bonchev–Trinajstić information content (AvgIpc) is 2.93. The maximum Gasteiger partial charge on any atom is 0.251 e. The smallest absolute Gasteiger partial charge is 0.251 e. The summed E-state index contributed by atoms with van der Waals surface area (Å²) in [6, 6.07) is 6.41. The second-order valence-corrected chi connectivity index (χ2v) is 9.40. The van der Waals surface area contributed by atoms with Crippen molar-refractivity contribution < 1.29 is 8.42 Å².